The zero-order chi connectivity index (χ0) is 15.8. The number of carbonyl (C=O) groups excluding carboxylic acids is 2. The van der Waals surface area contributed by atoms with E-state index in [2.05, 4.69) is 22.5 Å². The minimum absolute atomic E-state index is 0.206. The molecule has 4 N–H and O–H groups in total. The highest BCUT2D eigenvalue weighted by Gasteiger charge is 2.17. The van der Waals surface area contributed by atoms with Crippen LogP contribution in [0, 0.1) is 18.8 Å². The summed E-state index contributed by atoms with van der Waals surface area (Å²) in [5.41, 5.74) is 7.40. The average molecular weight is 287 g/mol. The average Bonchev–Trinajstić information content (AvgIpc) is 2.46. The summed E-state index contributed by atoms with van der Waals surface area (Å²) in [6.45, 7) is 6.10. The third kappa shape index (κ3) is 4.62. The topological polar surface area (TPSA) is 84.2 Å². The van der Waals surface area contributed by atoms with E-state index in [-0.39, 0.29) is 18.4 Å². The first kappa shape index (κ1) is 16.7. The standard InChI is InChI=1S/C16H21N3O2/c1-4-18-15(20)12(3)19-16(21)14-9-5-7-13(11(14)2)8-6-10-17/h5,7,9,12H,4,10,17H2,1-3H3,(H,18,20)(H,19,21). The fraction of sp³-hybridized carbons (Fsp3) is 0.375. The molecular formula is C16H21N3O2. The smallest absolute Gasteiger partial charge is 0.252 e. The maximum absolute atomic E-state index is 12.2. The summed E-state index contributed by atoms with van der Waals surface area (Å²) >= 11 is 0. The summed E-state index contributed by atoms with van der Waals surface area (Å²) < 4.78 is 0. The molecule has 112 valence electrons. The monoisotopic (exact) mass is 287 g/mol. The maximum atomic E-state index is 12.2. The summed E-state index contributed by atoms with van der Waals surface area (Å²) in [5, 5.41) is 5.35. The number of amides is 2. The minimum atomic E-state index is -0.587. The fourth-order valence-electron chi connectivity index (χ4n) is 1.83. The molecule has 1 atom stereocenters. The largest absolute Gasteiger partial charge is 0.355 e. The van der Waals surface area contributed by atoms with Crippen LogP contribution in [0.5, 0.6) is 0 Å². The lowest BCUT2D eigenvalue weighted by atomic mass is 10.0. The van der Waals surface area contributed by atoms with Crippen molar-refractivity contribution in [3.05, 3.63) is 34.9 Å². The molecule has 0 saturated heterocycles. The van der Waals surface area contributed by atoms with E-state index in [0.717, 1.165) is 11.1 Å². The fourth-order valence-corrected chi connectivity index (χ4v) is 1.83. The highest BCUT2D eigenvalue weighted by Crippen LogP contribution is 2.13. The number of hydrogen-bond donors (Lipinski definition) is 3. The molecule has 0 fully saturated rings. The Labute approximate surface area is 125 Å². The van der Waals surface area contributed by atoms with Crippen molar-refractivity contribution in [2.45, 2.75) is 26.8 Å². The number of rotatable bonds is 4. The highest BCUT2D eigenvalue weighted by atomic mass is 16.2. The molecular weight excluding hydrogens is 266 g/mol. The molecule has 0 aliphatic carbocycles. The normalized spacial score (nSPS) is 11.0. The second kappa shape index (κ2) is 8.08. The van der Waals surface area contributed by atoms with E-state index in [1.165, 1.54) is 0 Å². The Kier molecular flexibility index (Phi) is 6.44. The van der Waals surface area contributed by atoms with Crippen molar-refractivity contribution in [1.82, 2.24) is 10.6 Å². The Hall–Kier alpha value is -2.32. The molecule has 0 radical (unpaired) electrons. The molecule has 2 amide bonds. The SMILES string of the molecule is CCNC(=O)C(C)NC(=O)c1cccc(C#CCN)c1C. The summed E-state index contributed by atoms with van der Waals surface area (Å²) in [5.74, 6) is 5.20. The van der Waals surface area contributed by atoms with Crippen LogP contribution in [0.15, 0.2) is 18.2 Å². The highest BCUT2D eigenvalue weighted by molar-refractivity contribution is 5.98. The molecule has 0 bridgehead atoms. The molecule has 21 heavy (non-hydrogen) atoms. The van der Waals surface area contributed by atoms with Gasteiger partial charge in [-0.25, -0.2) is 0 Å². The van der Waals surface area contributed by atoms with Crippen LogP contribution < -0.4 is 16.4 Å². The lowest BCUT2D eigenvalue weighted by molar-refractivity contribution is -0.122. The van der Waals surface area contributed by atoms with Crippen LogP contribution in [-0.2, 0) is 4.79 Å². The van der Waals surface area contributed by atoms with Gasteiger partial charge in [0.2, 0.25) is 5.91 Å². The number of nitrogens with one attached hydrogen (secondary N) is 2. The van der Waals surface area contributed by atoms with E-state index in [1.807, 2.05) is 19.9 Å². The van der Waals surface area contributed by atoms with E-state index in [0.29, 0.717) is 12.1 Å². The first-order valence-corrected chi connectivity index (χ1v) is 6.88. The van der Waals surface area contributed by atoms with Crippen LogP contribution in [0.4, 0.5) is 0 Å². The minimum Gasteiger partial charge on any atom is -0.355 e. The maximum Gasteiger partial charge on any atom is 0.252 e. The van der Waals surface area contributed by atoms with E-state index in [9.17, 15) is 9.59 Å². The molecule has 0 saturated carbocycles. The first-order chi connectivity index (χ1) is 10.0. The van der Waals surface area contributed by atoms with Crippen molar-refractivity contribution < 1.29 is 9.59 Å². The van der Waals surface area contributed by atoms with E-state index in [1.54, 1.807) is 19.1 Å². The van der Waals surface area contributed by atoms with Gasteiger partial charge in [0.05, 0.1) is 6.54 Å². The molecule has 5 nitrogen and oxygen atoms in total. The number of hydrogen-bond acceptors (Lipinski definition) is 3. The molecule has 0 heterocycles. The quantitative estimate of drug-likeness (QED) is 0.707. The van der Waals surface area contributed by atoms with Crippen molar-refractivity contribution >= 4 is 11.8 Å². The van der Waals surface area contributed by atoms with Crippen molar-refractivity contribution in [2.24, 2.45) is 5.73 Å². The van der Waals surface area contributed by atoms with Crippen LogP contribution in [-0.4, -0.2) is 30.9 Å². The lowest BCUT2D eigenvalue weighted by Crippen LogP contribution is -2.44. The van der Waals surface area contributed by atoms with Gasteiger partial charge in [-0.2, -0.15) is 0 Å². The van der Waals surface area contributed by atoms with Crippen molar-refractivity contribution in [3.8, 4) is 11.8 Å². The van der Waals surface area contributed by atoms with Gasteiger partial charge in [0.1, 0.15) is 6.04 Å². The Morgan fingerprint density at radius 1 is 1.38 bits per heavy atom. The first-order valence-electron chi connectivity index (χ1n) is 6.88. The van der Waals surface area contributed by atoms with Crippen molar-refractivity contribution in [3.63, 3.8) is 0 Å². The number of carbonyl (C=O) groups is 2. The third-order valence-electron chi connectivity index (χ3n) is 3.00. The molecule has 0 aromatic heterocycles. The van der Waals surface area contributed by atoms with Crippen LogP contribution >= 0.6 is 0 Å². The molecule has 0 spiro atoms. The summed E-state index contributed by atoms with van der Waals surface area (Å²) in [4.78, 5) is 23.9. The summed E-state index contributed by atoms with van der Waals surface area (Å²) in [6.07, 6.45) is 0. The predicted molar refractivity (Wildman–Crippen MR) is 82.7 cm³/mol. The molecule has 1 unspecified atom stereocenters. The molecule has 5 heteroatoms. The Morgan fingerprint density at radius 2 is 2.10 bits per heavy atom. The van der Waals surface area contributed by atoms with Crippen LogP contribution in [0.1, 0.15) is 35.3 Å². The lowest BCUT2D eigenvalue weighted by Gasteiger charge is -2.14. The second-order valence-electron chi connectivity index (χ2n) is 4.57. The van der Waals surface area contributed by atoms with Gasteiger partial charge in [-0.1, -0.05) is 17.9 Å². The number of nitrogens with two attached hydrogens (primary N) is 1. The van der Waals surface area contributed by atoms with Crippen molar-refractivity contribution in [2.75, 3.05) is 13.1 Å². The molecule has 1 aromatic carbocycles. The van der Waals surface area contributed by atoms with E-state index < -0.39 is 6.04 Å². The Balaban J connectivity index is 2.90. The van der Waals surface area contributed by atoms with Gasteiger partial charge in [0, 0.05) is 17.7 Å². The van der Waals surface area contributed by atoms with E-state index >= 15 is 0 Å². The van der Waals surface area contributed by atoms with Crippen molar-refractivity contribution in [1.29, 1.82) is 0 Å². The van der Waals surface area contributed by atoms with Crippen LogP contribution in [0.3, 0.4) is 0 Å². The summed E-state index contributed by atoms with van der Waals surface area (Å²) in [7, 11) is 0. The predicted octanol–water partition coefficient (Wildman–Crippen LogP) is 0.560. The van der Waals surface area contributed by atoms with Gasteiger partial charge in [-0.15, -0.1) is 0 Å². The van der Waals surface area contributed by atoms with Gasteiger partial charge < -0.3 is 16.4 Å². The van der Waals surface area contributed by atoms with Gasteiger partial charge in [0.15, 0.2) is 0 Å². The van der Waals surface area contributed by atoms with E-state index in [4.69, 9.17) is 5.73 Å². The van der Waals surface area contributed by atoms with Gasteiger partial charge >= 0.3 is 0 Å². The number of benzene rings is 1. The molecule has 0 aliphatic rings. The Bertz CT molecular complexity index is 585. The van der Waals surface area contributed by atoms with Gasteiger partial charge in [-0.3, -0.25) is 9.59 Å². The zero-order valence-corrected chi connectivity index (χ0v) is 12.6. The summed E-state index contributed by atoms with van der Waals surface area (Å²) in [6, 6.07) is 4.72. The van der Waals surface area contributed by atoms with Gasteiger partial charge in [-0.05, 0) is 38.5 Å². The Morgan fingerprint density at radius 3 is 2.71 bits per heavy atom. The zero-order valence-electron chi connectivity index (χ0n) is 12.6. The molecule has 1 aromatic rings. The number of likely N-dealkylation sites (N-methyl/N-ethyl adjacent to an activating group) is 1. The molecule has 1 rings (SSSR count). The second-order valence-corrected chi connectivity index (χ2v) is 4.57. The van der Waals surface area contributed by atoms with Crippen LogP contribution in [0.25, 0.3) is 0 Å². The molecule has 0 aliphatic heterocycles. The third-order valence-corrected chi connectivity index (χ3v) is 3.00. The van der Waals surface area contributed by atoms with Gasteiger partial charge in [0.25, 0.3) is 5.91 Å². The van der Waals surface area contributed by atoms with Crippen LogP contribution in [0.2, 0.25) is 0 Å².